The molecule has 1 saturated carbocycles. The molecular weight excluding hydrogens is 216 g/mol. The van der Waals surface area contributed by atoms with Crippen molar-refractivity contribution in [2.45, 2.75) is 19.3 Å². The molecule has 4 nitrogen and oxygen atoms in total. The molecule has 2 atom stereocenters. The number of nitrogens with two attached hydrogens (primary N) is 2. The number of amides is 2. The van der Waals surface area contributed by atoms with Crippen molar-refractivity contribution in [3.63, 3.8) is 0 Å². The first-order chi connectivity index (χ1) is 8.00. The highest BCUT2D eigenvalue weighted by Gasteiger charge is 2.65. The van der Waals surface area contributed by atoms with Crippen molar-refractivity contribution in [2.24, 2.45) is 22.8 Å². The second kappa shape index (κ2) is 3.87. The molecule has 1 fully saturated rings. The Morgan fingerprint density at radius 3 is 2.18 bits per heavy atom. The summed E-state index contributed by atoms with van der Waals surface area (Å²) < 4.78 is 0. The summed E-state index contributed by atoms with van der Waals surface area (Å²) in [5.74, 6) is -1.16. The lowest BCUT2D eigenvalue weighted by Crippen LogP contribution is -2.39. The maximum absolute atomic E-state index is 11.4. The molecule has 1 aromatic rings. The summed E-state index contributed by atoms with van der Waals surface area (Å²) in [6.45, 7) is 1.99. The van der Waals surface area contributed by atoms with Gasteiger partial charge in [-0.1, -0.05) is 37.3 Å². The predicted molar refractivity (Wildman–Crippen MR) is 63.8 cm³/mol. The summed E-state index contributed by atoms with van der Waals surface area (Å²) in [4.78, 5) is 22.8. The highest BCUT2D eigenvalue weighted by Crippen LogP contribution is 2.58. The summed E-state index contributed by atoms with van der Waals surface area (Å²) in [5.41, 5.74) is 10.6. The molecule has 4 heteroatoms. The number of carbonyl (C=O) groups is 2. The third-order valence-corrected chi connectivity index (χ3v) is 3.82. The second-order valence-electron chi connectivity index (χ2n) is 4.71. The van der Waals surface area contributed by atoms with Gasteiger partial charge in [0.15, 0.2) is 0 Å². The highest BCUT2D eigenvalue weighted by molar-refractivity contribution is 6.07. The van der Waals surface area contributed by atoms with Crippen molar-refractivity contribution in [3.8, 4) is 0 Å². The molecule has 2 amide bonds. The smallest absolute Gasteiger partial charge is 0.233 e. The van der Waals surface area contributed by atoms with Crippen molar-refractivity contribution < 1.29 is 9.59 Å². The van der Waals surface area contributed by atoms with Crippen LogP contribution < -0.4 is 11.5 Å². The molecule has 1 unspecified atom stereocenters. The Hall–Kier alpha value is -1.84. The van der Waals surface area contributed by atoms with Gasteiger partial charge < -0.3 is 11.5 Å². The average Bonchev–Trinajstić information content (AvgIpc) is 3.06. The molecule has 0 spiro atoms. The lowest BCUT2D eigenvalue weighted by Gasteiger charge is -2.15. The van der Waals surface area contributed by atoms with Crippen molar-refractivity contribution in [1.29, 1.82) is 0 Å². The number of hydrogen-bond acceptors (Lipinski definition) is 2. The molecule has 1 aliphatic carbocycles. The molecule has 0 heterocycles. The van der Waals surface area contributed by atoms with E-state index in [1.807, 2.05) is 37.3 Å². The molecule has 1 aromatic carbocycles. The van der Waals surface area contributed by atoms with Crippen LogP contribution in [0.4, 0.5) is 0 Å². The minimum Gasteiger partial charge on any atom is -0.369 e. The molecule has 0 aliphatic heterocycles. The molecule has 2 rings (SSSR count). The van der Waals surface area contributed by atoms with Crippen LogP contribution in [0.15, 0.2) is 30.3 Å². The number of carbonyl (C=O) groups excluding carboxylic acids is 2. The lowest BCUT2D eigenvalue weighted by molar-refractivity contribution is -0.134. The number of primary amides is 2. The van der Waals surface area contributed by atoms with Crippen molar-refractivity contribution in [3.05, 3.63) is 35.9 Å². The molecular formula is C13H16N2O2. The van der Waals surface area contributed by atoms with Crippen LogP contribution in [0, 0.1) is 11.3 Å². The van der Waals surface area contributed by atoms with Crippen LogP contribution in [-0.2, 0) is 9.59 Å². The van der Waals surface area contributed by atoms with Crippen LogP contribution >= 0.6 is 0 Å². The van der Waals surface area contributed by atoms with Gasteiger partial charge in [-0.15, -0.1) is 0 Å². The topological polar surface area (TPSA) is 86.2 Å². The zero-order chi connectivity index (χ0) is 12.6. The number of hydrogen-bond donors (Lipinski definition) is 2. The first kappa shape index (κ1) is 11.6. The molecule has 1 aliphatic rings. The summed E-state index contributed by atoms with van der Waals surface area (Å²) >= 11 is 0. The summed E-state index contributed by atoms with van der Waals surface area (Å²) in [5, 5.41) is 0. The Labute approximate surface area is 100.0 Å². The SMILES string of the molecule is C[C@H](c1ccccc1)C1CC1(C(N)=O)C(N)=O. The Morgan fingerprint density at radius 2 is 1.76 bits per heavy atom. The molecule has 17 heavy (non-hydrogen) atoms. The maximum atomic E-state index is 11.4. The van der Waals surface area contributed by atoms with Crippen LogP contribution in [0.2, 0.25) is 0 Å². The van der Waals surface area contributed by atoms with Crippen LogP contribution in [0.3, 0.4) is 0 Å². The molecule has 90 valence electrons. The Morgan fingerprint density at radius 1 is 1.24 bits per heavy atom. The van der Waals surface area contributed by atoms with Gasteiger partial charge in [-0.05, 0) is 23.8 Å². The number of benzene rings is 1. The van der Waals surface area contributed by atoms with Crippen molar-refractivity contribution in [2.75, 3.05) is 0 Å². The van der Waals surface area contributed by atoms with Gasteiger partial charge in [0.05, 0.1) is 0 Å². The first-order valence-electron chi connectivity index (χ1n) is 5.65. The van der Waals surface area contributed by atoms with Gasteiger partial charge in [0.1, 0.15) is 5.41 Å². The third-order valence-electron chi connectivity index (χ3n) is 3.82. The van der Waals surface area contributed by atoms with Crippen molar-refractivity contribution >= 4 is 11.8 Å². The van der Waals surface area contributed by atoms with E-state index in [0.717, 1.165) is 5.56 Å². The van der Waals surface area contributed by atoms with Crippen LogP contribution in [0.1, 0.15) is 24.8 Å². The second-order valence-corrected chi connectivity index (χ2v) is 4.71. The van der Waals surface area contributed by atoms with E-state index in [1.54, 1.807) is 0 Å². The van der Waals surface area contributed by atoms with Crippen LogP contribution in [-0.4, -0.2) is 11.8 Å². The lowest BCUT2D eigenvalue weighted by atomic mass is 9.89. The van der Waals surface area contributed by atoms with E-state index in [0.29, 0.717) is 6.42 Å². The predicted octanol–water partition coefficient (Wildman–Crippen LogP) is 0.767. The Kier molecular flexibility index (Phi) is 2.65. The Bertz CT molecular complexity index is 442. The largest absolute Gasteiger partial charge is 0.369 e. The minimum absolute atomic E-state index is 0.0695. The fourth-order valence-corrected chi connectivity index (χ4v) is 2.57. The fraction of sp³-hybridized carbons (Fsp3) is 0.385. The molecule has 0 aromatic heterocycles. The van der Waals surface area contributed by atoms with E-state index in [4.69, 9.17) is 11.5 Å². The van der Waals surface area contributed by atoms with E-state index < -0.39 is 17.2 Å². The molecule has 0 radical (unpaired) electrons. The van der Waals surface area contributed by atoms with Gasteiger partial charge in [-0.3, -0.25) is 9.59 Å². The van der Waals surface area contributed by atoms with E-state index in [-0.39, 0.29) is 11.8 Å². The van der Waals surface area contributed by atoms with Crippen LogP contribution in [0.25, 0.3) is 0 Å². The van der Waals surface area contributed by atoms with E-state index in [9.17, 15) is 9.59 Å². The van der Waals surface area contributed by atoms with E-state index >= 15 is 0 Å². The summed E-state index contributed by atoms with van der Waals surface area (Å²) in [6, 6.07) is 9.76. The normalized spacial score (nSPS) is 22.8. The molecule has 0 saturated heterocycles. The summed E-state index contributed by atoms with van der Waals surface area (Å²) in [7, 11) is 0. The van der Waals surface area contributed by atoms with Gasteiger partial charge in [0.25, 0.3) is 0 Å². The molecule has 0 bridgehead atoms. The fourth-order valence-electron chi connectivity index (χ4n) is 2.57. The number of rotatable bonds is 4. The van der Waals surface area contributed by atoms with Gasteiger partial charge >= 0.3 is 0 Å². The Balaban J connectivity index is 2.22. The molecule has 4 N–H and O–H groups in total. The monoisotopic (exact) mass is 232 g/mol. The maximum Gasteiger partial charge on any atom is 0.233 e. The zero-order valence-electron chi connectivity index (χ0n) is 9.72. The zero-order valence-corrected chi connectivity index (χ0v) is 9.72. The third kappa shape index (κ3) is 1.69. The summed E-state index contributed by atoms with van der Waals surface area (Å²) in [6.07, 6.45) is 0.466. The standard InChI is InChI=1S/C13H16N2O2/c1-8(9-5-3-2-4-6-9)10-7-13(10,11(14)16)12(15)17/h2-6,8,10H,7H2,1H3,(H2,14,16)(H2,15,17)/t8-,10?/m1/s1. The average molecular weight is 232 g/mol. The van der Waals surface area contributed by atoms with Gasteiger partial charge in [0, 0.05) is 0 Å². The first-order valence-corrected chi connectivity index (χ1v) is 5.65. The van der Waals surface area contributed by atoms with Gasteiger partial charge in [-0.2, -0.15) is 0 Å². The highest BCUT2D eigenvalue weighted by atomic mass is 16.2. The van der Waals surface area contributed by atoms with E-state index in [2.05, 4.69) is 0 Å². The van der Waals surface area contributed by atoms with Crippen LogP contribution in [0.5, 0.6) is 0 Å². The minimum atomic E-state index is -1.13. The van der Waals surface area contributed by atoms with Crippen molar-refractivity contribution in [1.82, 2.24) is 0 Å². The van der Waals surface area contributed by atoms with Gasteiger partial charge in [-0.25, -0.2) is 0 Å². The quantitative estimate of drug-likeness (QED) is 0.751. The van der Waals surface area contributed by atoms with Gasteiger partial charge in [0.2, 0.25) is 11.8 Å². The van der Waals surface area contributed by atoms with E-state index in [1.165, 1.54) is 0 Å².